The molecule has 6 atom stereocenters. The highest BCUT2D eigenvalue weighted by molar-refractivity contribution is 6.31. The molecule has 2 unspecified atom stereocenters. The number of rotatable bonds is 18. The van der Waals surface area contributed by atoms with Crippen molar-refractivity contribution in [2.75, 3.05) is 98.8 Å². The summed E-state index contributed by atoms with van der Waals surface area (Å²) >= 11 is 26.1. The molecular weight excluding hydrogens is 1350 g/mol. The molecular formula is C76H86Cl4N12O8. The molecule has 20 nitrogen and oxygen atoms in total. The molecule has 526 valence electrons. The standard InChI is InChI=1S/C76H86Cl4N12O8/c1-6-99-61-46-53(72(94)87-34-10-8-11-35-87)22-32-59(61)70-82-63(49-14-24-55(77)25-15-49)65(51-18-28-57(79)29-19-51)91(70)75(97)89-42-38-85(39-43-89)67(69(81)93)68(74(96)84(5)48(3)4)86-40-44-90(45-41-86)76(98)92-66(52-20-30-58(80)31-21-52)64(50-16-26-56(78)27-17-50)83-71(92)60-33-23-54(47-62(60)100-7-2)73(95)88-36-12-9-13-37-88/h14-33,46-48,63-68H,6-13,34-45H2,1-5H3,(H2,81,93)/t63-,64-,65+,66+,67?,68?/m0/s1. The zero-order valence-electron chi connectivity index (χ0n) is 57.2. The molecule has 0 saturated carbocycles. The number of amides is 8. The molecule has 6 aliphatic rings. The average Bonchev–Trinajstić information content (AvgIpc) is 1.58. The van der Waals surface area contributed by atoms with E-state index >= 15 is 14.4 Å². The van der Waals surface area contributed by atoms with Gasteiger partial charge in [0.15, 0.2) is 0 Å². The molecule has 0 aliphatic carbocycles. The number of piperazine rings is 2. The fraction of sp³-hybridized carbons (Fsp3) is 0.421. The molecule has 0 spiro atoms. The number of carbonyl (C=O) groups is 6. The number of ether oxygens (including phenoxy) is 2. The van der Waals surface area contributed by atoms with E-state index < -0.39 is 42.2 Å². The molecule has 6 aliphatic heterocycles. The van der Waals surface area contributed by atoms with Gasteiger partial charge in [0.25, 0.3) is 11.8 Å². The summed E-state index contributed by atoms with van der Waals surface area (Å²) in [5.74, 6) is 0.249. The van der Waals surface area contributed by atoms with Crippen LogP contribution in [0.5, 0.6) is 11.5 Å². The Morgan fingerprint density at radius 2 is 0.800 bits per heavy atom. The highest BCUT2D eigenvalue weighted by Crippen LogP contribution is 2.48. The van der Waals surface area contributed by atoms with Gasteiger partial charge in [-0.2, -0.15) is 0 Å². The Labute approximate surface area is 605 Å². The Bertz CT molecular complexity index is 4020. The second-order valence-electron chi connectivity index (χ2n) is 26.6. The van der Waals surface area contributed by atoms with E-state index in [0.29, 0.717) is 91.7 Å². The Morgan fingerprint density at radius 3 is 1.13 bits per heavy atom. The quantitative estimate of drug-likeness (QED) is 0.0863. The van der Waals surface area contributed by atoms with Gasteiger partial charge >= 0.3 is 12.1 Å². The van der Waals surface area contributed by atoms with Crippen LogP contribution in [-0.2, 0) is 9.59 Å². The van der Waals surface area contributed by atoms with Crippen molar-refractivity contribution >= 4 is 93.8 Å². The predicted octanol–water partition coefficient (Wildman–Crippen LogP) is 12.7. The van der Waals surface area contributed by atoms with Crippen LogP contribution in [-0.4, -0.2) is 208 Å². The third-order valence-electron chi connectivity index (χ3n) is 20.1. The number of amidine groups is 2. The molecule has 0 bridgehead atoms. The van der Waals surface area contributed by atoms with Crippen LogP contribution < -0.4 is 15.2 Å². The van der Waals surface area contributed by atoms with Gasteiger partial charge in [-0.05, 0) is 173 Å². The minimum atomic E-state index is -1.17. The molecule has 4 fully saturated rings. The van der Waals surface area contributed by atoms with Gasteiger partial charge in [-0.1, -0.05) is 94.9 Å². The normalized spacial score (nSPS) is 20.6. The zero-order valence-corrected chi connectivity index (χ0v) is 60.2. The fourth-order valence-electron chi connectivity index (χ4n) is 14.7. The Kier molecular flexibility index (Phi) is 22.7. The largest absolute Gasteiger partial charge is 0.493 e. The van der Waals surface area contributed by atoms with Crippen LogP contribution in [0.4, 0.5) is 9.59 Å². The molecule has 8 amide bonds. The van der Waals surface area contributed by atoms with Gasteiger partial charge in [-0.15, -0.1) is 0 Å². The predicted molar refractivity (Wildman–Crippen MR) is 390 cm³/mol. The van der Waals surface area contributed by atoms with Crippen LogP contribution in [0.15, 0.2) is 143 Å². The number of likely N-dealkylation sites (tertiary alicyclic amines) is 2. The van der Waals surface area contributed by atoms with Crippen molar-refractivity contribution in [3.63, 3.8) is 0 Å². The number of hydrogen-bond acceptors (Lipinski definition) is 12. The van der Waals surface area contributed by atoms with Crippen molar-refractivity contribution in [3.8, 4) is 11.5 Å². The fourth-order valence-corrected chi connectivity index (χ4v) is 15.2. The van der Waals surface area contributed by atoms with Crippen molar-refractivity contribution in [3.05, 3.63) is 198 Å². The van der Waals surface area contributed by atoms with Crippen LogP contribution in [0, 0.1) is 0 Å². The van der Waals surface area contributed by atoms with Crippen molar-refractivity contribution in [1.82, 2.24) is 44.1 Å². The summed E-state index contributed by atoms with van der Waals surface area (Å²) in [6.45, 7) is 12.0. The van der Waals surface area contributed by atoms with Crippen molar-refractivity contribution in [2.45, 2.75) is 109 Å². The molecule has 6 heterocycles. The summed E-state index contributed by atoms with van der Waals surface area (Å²) < 4.78 is 12.8. The second kappa shape index (κ2) is 31.8. The summed E-state index contributed by atoms with van der Waals surface area (Å²) in [6.07, 6.45) is 5.86. The third kappa shape index (κ3) is 15.2. The molecule has 12 rings (SSSR count). The molecule has 6 aromatic rings. The van der Waals surface area contributed by atoms with Gasteiger partial charge in [-0.25, -0.2) is 9.59 Å². The number of hydrogen-bond donors (Lipinski definition) is 1. The highest BCUT2D eigenvalue weighted by Gasteiger charge is 2.50. The van der Waals surface area contributed by atoms with Gasteiger partial charge < -0.3 is 39.7 Å². The highest BCUT2D eigenvalue weighted by atomic mass is 35.5. The van der Waals surface area contributed by atoms with Crippen molar-refractivity contribution in [1.29, 1.82) is 0 Å². The molecule has 24 heteroatoms. The maximum Gasteiger partial charge on any atom is 0.326 e. The van der Waals surface area contributed by atoms with Gasteiger partial charge in [0.1, 0.15) is 47.3 Å². The monoisotopic (exact) mass is 1430 g/mol. The number of primary amides is 1. The summed E-state index contributed by atoms with van der Waals surface area (Å²) in [5, 5.41) is 2.10. The summed E-state index contributed by atoms with van der Waals surface area (Å²) in [4.78, 5) is 117. The number of likely N-dealkylation sites (N-methyl/N-ethyl adjacent to an activating group) is 1. The summed E-state index contributed by atoms with van der Waals surface area (Å²) in [7, 11) is 1.71. The summed E-state index contributed by atoms with van der Waals surface area (Å²) in [5.41, 5.74) is 11.7. The van der Waals surface area contributed by atoms with Crippen LogP contribution in [0.1, 0.15) is 144 Å². The zero-order chi connectivity index (χ0) is 70.5. The van der Waals surface area contributed by atoms with Crippen LogP contribution in [0.2, 0.25) is 20.1 Å². The number of carbonyl (C=O) groups excluding carboxylic acids is 6. The SMILES string of the molecule is CCOc1cc(C(=O)N2CCCCC2)ccc1C1=N[C@@H](c2ccc(Cl)cc2)[C@@H](c2ccc(Cl)cc2)N1C(=O)N1CCN(C(C(N)=O)C(C(=O)N(C)C(C)C)N2CCN(C(=O)N3C(c4ccc(C(=O)N5CCCCC5)cc4OCC)=N[C@@H](c4ccc(Cl)cc4)[C@H]3c3ccc(Cl)cc3)CC2)CC1. The molecule has 4 saturated heterocycles. The summed E-state index contributed by atoms with van der Waals surface area (Å²) in [6, 6.07) is 34.2. The van der Waals surface area contributed by atoms with Crippen LogP contribution in [0.25, 0.3) is 0 Å². The first-order chi connectivity index (χ1) is 48.3. The van der Waals surface area contributed by atoms with Gasteiger partial charge in [0.05, 0.1) is 36.4 Å². The number of nitrogens with zero attached hydrogens (tertiary/aromatic N) is 11. The van der Waals surface area contributed by atoms with E-state index in [-0.39, 0.29) is 101 Å². The van der Waals surface area contributed by atoms with Crippen LogP contribution in [0.3, 0.4) is 0 Å². The first-order valence-electron chi connectivity index (χ1n) is 34.8. The molecule has 2 N–H and O–H groups in total. The third-order valence-corrected chi connectivity index (χ3v) is 21.1. The first-order valence-corrected chi connectivity index (χ1v) is 36.3. The number of urea groups is 2. The van der Waals surface area contributed by atoms with Crippen molar-refractivity contribution < 1.29 is 38.2 Å². The van der Waals surface area contributed by atoms with Gasteiger partial charge in [0, 0.05) is 123 Å². The number of benzene rings is 6. The lowest BCUT2D eigenvalue weighted by Crippen LogP contribution is -2.68. The smallest absolute Gasteiger partial charge is 0.326 e. The van der Waals surface area contributed by atoms with Gasteiger partial charge in [-0.3, -0.25) is 48.8 Å². The van der Waals surface area contributed by atoms with E-state index in [0.717, 1.165) is 60.8 Å². The lowest BCUT2D eigenvalue weighted by molar-refractivity contribution is -0.146. The number of piperidine rings is 2. The van der Waals surface area contributed by atoms with E-state index in [9.17, 15) is 14.4 Å². The van der Waals surface area contributed by atoms with Gasteiger partial charge in [0.2, 0.25) is 11.8 Å². The number of halogens is 4. The second-order valence-corrected chi connectivity index (χ2v) is 28.3. The van der Waals surface area contributed by atoms with E-state index in [1.54, 1.807) is 104 Å². The first kappa shape index (κ1) is 71.6. The van der Waals surface area contributed by atoms with E-state index in [4.69, 9.17) is 71.6 Å². The Balaban J connectivity index is 0.840. The molecule has 0 radical (unpaired) electrons. The average molecular weight is 1440 g/mol. The topological polar surface area (TPSA) is 201 Å². The van der Waals surface area contributed by atoms with E-state index in [2.05, 4.69) is 0 Å². The lowest BCUT2D eigenvalue weighted by atomic mass is 9.93. The lowest BCUT2D eigenvalue weighted by Gasteiger charge is -2.47. The maximum absolute atomic E-state index is 16.0. The maximum atomic E-state index is 16.0. The number of nitrogens with two attached hydrogens (primary N) is 1. The molecule has 6 aromatic carbocycles. The number of aliphatic imine (C=N–C) groups is 2. The minimum Gasteiger partial charge on any atom is -0.493 e. The van der Waals surface area contributed by atoms with E-state index in [1.165, 1.54) is 0 Å². The van der Waals surface area contributed by atoms with Crippen molar-refractivity contribution in [2.24, 2.45) is 15.7 Å². The molecule has 100 heavy (non-hydrogen) atoms. The van der Waals surface area contributed by atoms with Crippen LogP contribution >= 0.6 is 46.4 Å². The minimum absolute atomic E-state index is 0.0918. The molecule has 0 aromatic heterocycles. The Hall–Kier alpha value is -8.24. The van der Waals surface area contributed by atoms with E-state index in [1.807, 2.05) is 108 Å². The Morgan fingerprint density at radius 1 is 0.460 bits per heavy atom.